The summed E-state index contributed by atoms with van der Waals surface area (Å²) in [6.07, 6.45) is -5.46. The van der Waals surface area contributed by atoms with Gasteiger partial charge in [-0.3, -0.25) is 28.1 Å². The zero-order chi connectivity index (χ0) is 30.4. The van der Waals surface area contributed by atoms with Gasteiger partial charge in [0.25, 0.3) is 11.5 Å². The molecule has 1 unspecified atom stereocenters. The van der Waals surface area contributed by atoms with Gasteiger partial charge in [0, 0.05) is 37.7 Å². The summed E-state index contributed by atoms with van der Waals surface area (Å²) in [5.74, 6) is -1.34. The number of halogens is 4. The van der Waals surface area contributed by atoms with E-state index in [9.17, 15) is 37.0 Å². The number of benzene rings is 1. The molecule has 1 aromatic carbocycles. The van der Waals surface area contributed by atoms with Gasteiger partial charge in [0.2, 0.25) is 10.5 Å². The second kappa shape index (κ2) is 14.2. The molecular formula is C22H19ClF3N4Na2O9PS+2. The van der Waals surface area contributed by atoms with E-state index in [1.165, 1.54) is 26.4 Å². The number of nitrogens with zero attached hydrogens (tertiary/aromatic N) is 4. The van der Waals surface area contributed by atoms with E-state index >= 15 is 0 Å². The van der Waals surface area contributed by atoms with E-state index in [1.54, 1.807) is 0 Å². The fourth-order valence-electron chi connectivity index (χ4n) is 3.74. The van der Waals surface area contributed by atoms with E-state index < -0.39 is 48.5 Å². The van der Waals surface area contributed by atoms with Crippen molar-refractivity contribution < 1.29 is 105 Å². The van der Waals surface area contributed by atoms with Gasteiger partial charge in [-0.2, -0.15) is 4.99 Å². The number of ether oxygens (including phenoxy) is 1. The minimum atomic E-state index is -5.00. The van der Waals surface area contributed by atoms with Gasteiger partial charge in [-0.15, -0.1) is 29.2 Å². The van der Waals surface area contributed by atoms with Crippen LogP contribution in [0.3, 0.4) is 0 Å². The Morgan fingerprint density at radius 3 is 2.44 bits per heavy atom. The van der Waals surface area contributed by atoms with Crippen LogP contribution < -0.4 is 84.5 Å². The number of aromatic nitrogens is 3. The average Bonchev–Trinajstić information content (AvgIpc) is 3.42. The van der Waals surface area contributed by atoms with Crippen LogP contribution in [0.25, 0.3) is 22.4 Å². The molecule has 43 heavy (non-hydrogen) atoms. The van der Waals surface area contributed by atoms with Crippen molar-refractivity contribution in [2.75, 3.05) is 7.11 Å². The van der Waals surface area contributed by atoms with E-state index in [4.69, 9.17) is 20.6 Å². The van der Waals surface area contributed by atoms with Crippen LogP contribution in [-0.2, 0) is 34.4 Å². The molecule has 4 rings (SSSR count). The van der Waals surface area contributed by atoms with Gasteiger partial charge in [0.15, 0.2) is 0 Å². The molecule has 3 heterocycles. The number of aryl methyl sites for hydroxylation is 2. The molecule has 0 aliphatic heterocycles. The van der Waals surface area contributed by atoms with E-state index in [-0.39, 0.29) is 97.6 Å². The molecule has 1 amide bonds. The summed E-state index contributed by atoms with van der Waals surface area (Å²) in [6, 6.07) is 3.16. The average molecular weight is 685 g/mol. The number of carbonyl (C=O) groups excluding carboxylic acids is 1. The van der Waals surface area contributed by atoms with E-state index in [1.807, 2.05) is 0 Å². The molecule has 0 radical (unpaired) electrons. The minimum Gasteiger partial charge on any atom is -0.444 e. The van der Waals surface area contributed by atoms with Crippen LogP contribution >= 0.6 is 30.8 Å². The smallest absolute Gasteiger partial charge is 0.444 e. The summed E-state index contributed by atoms with van der Waals surface area (Å²) in [5.41, 5.74) is -1.10. The van der Waals surface area contributed by atoms with E-state index in [2.05, 4.69) is 14.3 Å². The van der Waals surface area contributed by atoms with Crippen LogP contribution in [0.15, 0.2) is 42.6 Å². The Kier molecular flexibility index (Phi) is 12.4. The molecule has 0 saturated carbocycles. The molecule has 13 nitrogen and oxygen atoms in total. The quantitative estimate of drug-likeness (QED) is 0.159. The van der Waals surface area contributed by atoms with Crippen LogP contribution in [0.1, 0.15) is 11.3 Å². The van der Waals surface area contributed by atoms with Gasteiger partial charge in [-0.25, -0.2) is 9.36 Å². The van der Waals surface area contributed by atoms with Crippen molar-refractivity contribution in [3.8, 4) is 17.0 Å². The Morgan fingerprint density at radius 2 is 1.86 bits per heavy atom. The number of fused-ring (bicyclic) bond motifs is 1. The number of hydrogen-bond acceptors (Lipinski definition) is 9. The number of phosphoric ester groups is 1. The minimum absolute atomic E-state index is 0. The van der Waals surface area contributed by atoms with Crippen LogP contribution in [0.2, 0.25) is 5.02 Å². The van der Waals surface area contributed by atoms with Crippen LogP contribution in [0, 0.1) is 6.92 Å². The Balaban J connectivity index is 0.00000323. The van der Waals surface area contributed by atoms with Gasteiger partial charge in [-0.1, -0.05) is 11.6 Å². The molecular weight excluding hydrogens is 666 g/mol. The Labute approximate surface area is 292 Å². The molecule has 0 spiro atoms. The molecule has 0 saturated heterocycles. The molecule has 1 N–H and O–H groups in total. The van der Waals surface area contributed by atoms with Gasteiger partial charge in [0.1, 0.15) is 22.6 Å². The third kappa shape index (κ3) is 8.16. The molecule has 21 heteroatoms. The van der Waals surface area contributed by atoms with Crippen molar-refractivity contribution >= 4 is 47.8 Å². The Morgan fingerprint density at radius 1 is 1.21 bits per heavy atom. The monoisotopic (exact) mass is 684 g/mol. The first-order valence-electron chi connectivity index (χ1n) is 11.1. The van der Waals surface area contributed by atoms with Crippen molar-refractivity contribution in [3.05, 3.63) is 65.6 Å². The van der Waals surface area contributed by atoms with Gasteiger partial charge in [-0.05, 0) is 25.1 Å². The first-order chi connectivity index (χ1) is 19.0. The fourth-order valence-corrected chi connectivity index (χ4v) is 5.29. The zero-order valence-corrected chi connectivity index (χ0v) is 29.9. The van der Waals surface area contributed by atoms with Gasteiger partial charge < -0.3 is 13.8 Å². The molecule has 0 fully saturated rings. The van der Waals surface area contributed by atoms with Gasteiger partial charge >= 0.3 is 79.0 Å². The number of alkyl halides is 3. The van der Waals surface area contributed by atoms with Crippen molar-refractivity contribution in [3.63, 3.8) is 0 Å². The standard InChI is InChI=1S/C22H19ClF3N4O9PS.2Na/c1-10-12(17-18(32)28(2)21(33)29(3)19(17)37-10)8-16(31)27-20-30(39-40(34,35)36-4)14(9-41-20)11-5-6-15(13(23)7-11)38-22(24,25)26;;/h5-7,9H,8H2,1-4H3,(H,34,35);;/q;2*+1. The van der Waals surface area contributed by atoms with Crippen LogP contribution in [-0.4, -0.2) is 38.1 Å². The predicted molar refractivity (Wildman–Crippen MR) is 139 cm³/mol. The number of phosphoric acid groups is 1. The third-order valence-electron chi connectivity index (χ3n) is 5.67. The maximum atomic E-state index is 13.0. The maximum Gasteiger partial charge on any atom is 1.00 e. The first kappa shape index (κ1) is 37.6. The molecule has 3 aromatic heterocycles. The fraction of sp³-hybridized carbons (Fsp3) is 0.273. The maximum absolute atomic E-state index is 13.0. The molecule has 0 aliphatic carbocycles. The summed E-state index contributed by atoms with van der Waals surface area (Å²) in [6.45, 7) is 1.50. The Bertz CT molecular complexity index is 1930. The zero-order valence-electron chi connectivity index (χ0n) is 23.4. The molecule has 1 atom stereocenters. The normalized spacial score (nSPS) is 13.3. The number of amides is 1. The predicted octanol–water partition coefficient (Wildman–Crippen LogP) is -2.93. The largest absolute Gasteiger partial charge is 1.00 e. The van der Waals surface area contributed by atoms with Crippen molar-refractivity contribution in [2.45, 2.75) is 19.7 Å². The van der Waals surface area contributed by atoms with Crippen LogP contribution in [0.5, 0.6) is 5.75 Å². The third-order valence-corrected chi connectivity index (χ3v) is 7.61. The van der Waals surface area contributed by atoms with Crippen molar-refractivity contribution in [2.24, 2.45) is 19.1 Å². The Hall–Kier alpha value is -1.63. The van der Waals surface area contributed by atoms with Crippen molar-refractivity contribution in [1.82, 2.24) is 13.9 Å². The topological polar surface area (TPSA) is 156 Å². The number of thiazole rings is 1. The second-order valence-electron chi connectivity index (χ2n) is 8.33. The van der Waals surface area contributed by atoms with Crippen LogP contribution in [0.4, 0.5) is 13.2 Å². The van der Waals surface area contributed by atoms with E-state index in [0.717, 1.165) is 45.8 Å². The SMILES string of the molecule is COP(=O)(O)On1c(-c2ccc(OC(F)(F)F)c(Cl)c2)csc1=NC(=O)Cc1c(C)oc2c1c(=O)n(C)c(=O)n2C.[Na+].[Na+]. The second-order valence-corrected chi connectivity index (χ2v) is 11.0. The summed E-state index contributed by atoms with van der Waals surface area (Å²) in [5, 5.41) is 0.896. The summed E-state index contributed by atoms with van der Waals surface area (Å²) in [4.78, 5) is 51.6. The number of carbonyl (C=O) groups is 1. The molecule has 0 bridgehead atoms. The molecule has 0 aliphatic rings. The summed E-state index contributed by atoms with van der Waals surface area (Å²) < 4.78 is 71.7. The summed E-state index contributed by atoms with van der Waals surface area (Å²) in [7, 11) is -1.20. The first-order valence-corrected chi connectivity index (χ1v) is 13.9. The van der Waals surface area contributed by atoms with Gasteiger partial charge in [0.05, 0.1) is 11.4 Å². The summed E-state index contributed by atoms with van der Waals surface area (Å²) >= 11 is 6.72. The molecule has 4 aromatic rings. The number of rotatable bonds is 7. The number of hydrogen-bond donors (Lipinski definition) is 1. The number of furan rings is 1. The molecule has 220 valence electrons. The van der Waals surface area contributed by atoms with E-state index in [0.29, 0.717) is 4.73 Å². The van der Waals surface area contributed by atoms with Crippen molar-refractivity contribution in [1.29, 1.82) is 0 Å².